The molecule has 0 bridgehead atoms. The van der Waals surface area contributed by atoms with Gasteiger partial charge in [0.25, 0.3) is 0 Å². The van der Waals surface area contributed by atoms with Gasteiger partial charge in [0.1, 0.15) is 0 Å². The lowest BCUT2D eigenvalue weighted by Crippen LogP contribution is -2.41. The van der Waals surface area contributed by atoms with Crippen LogP contribution in [0.1, 0.15) is 56.0 Å². The Hall–Kier alpha value is -3.01. The molecule has 0 radical (unpaired) electrons. The fourth-order valence-corrected chi connectivity index (χ4v) is 5.27. The molecule has 0 aliphatic carbocycles. The summed E-state index contributed by atoms with van der Waals surface area (Å²) in [5.41, 5.74) is 6.97. The monoisotopic (exact) mass is 400 g/mol. The molecule has 2 atom stereocenters. The molecule has 2 aromatic carbocycles. The van der Waals surface area contributed by atoms with Gasteiger partial charge in [-0.1, -0.05) is 48.5 Å². The van der Waals surface area contributed by atoms with Crippen LogP contribution in [0, 0.1) is 0 Å². The van der Waals surface area contributed by atoms with Crippen molar-refractivity contribution >= 4 is 16.9 Å². The number of hydrogen-bond acceptors (Lipinski definition) is 3. The van der Waals surface area contributed by atoms with E-state index in [1.165, 1.54) is 27.7 Å². The highest BCUT2D eigenvalue weighted by molar-refractivity contribution is 5.92. The molecule has 0 fully saturated rings. The number of carbonyl (C=O) groups is 1. The van der Waals surface area contributed by atoms with E-state index in [1.807, 2.05) is 19.9 Å². The molecule has 3 heterocycles. The average Bonchev–Trinajstić information content (AvgIpc) is 3.13. The minimum Gasteiger partial charge on any atom is -0.460 e. The summed E-state index contributed by atoms with van der Waals surface area (Å²) in [4.78, 5) is 19.3. The molecule has 2 aliphatic heterocycles. The predicted molar refractivity (Wildman–Crippen MR) is 119 cm³/mol. The lowest BCUT2D eigenvalue weighted by molar-refractivity contribution is -0.143. The van der Waals surface area contributed by atoms with Gasteiger partial charge in [0.05, 0.1) is 17.7 Å². The Balaban J connectivity index is 1.64. The Labute approximate surface area is 177 Å². The van der Waals surface area contributed by atoms with E-state index in [-0.39, 0.29) is 24.0 Å². The molecular weight excluding hydrogens is 372 g/mol. The Bertz CT molecular complexity index is 1130. The number of ether oxygens (including phenoxy) is 1. The third-order valence-corrected chi connectivity index (χ3v) is 6.55. The number of aromatic nitrogens is 1. The van der Waals surface area contributed by atoms with Crippen LogP contribution in [0.25, 0.3) is 10.9 Å². The third kappa shape index (κ3) is 3.02. The van der Waals surface area contributed by atoms with Crippen molar-refractivity contribution in [2.75, 3.05) is 6.54 Å². The van der Waals surface area contributed by atoms with Crippen LogP contribution in [0.3, 0.4) is 0 Å². The first-order chi connectivity index (χ1) is 14.5. The van der Waals surface area contributed by atoms with Crippen LogP contribution >= 0.6 is 0 Å². The van der Waals surface area contributed by atoms with Gasteiger partial charge in [-0.15, -0.1) is 0 Å². The molecule has 5 rings (SSSR count). The van der Waals surface area contributed by atoms with E-state index >= 15 is 0 Å². The second-order valence-electron chi connectivity index (χ2n) is 8.67. The first-order valence-corrected chi connectivity index (χ1v) is 10.9. The van der Waals surface area contributed by atoms with E-state index in [0.29, 0.717) is 0 Å². The van der Waals surface area contributed by atoms with Gasteiger partial charge in [-0.05, 0) is 50.8 Å². The van der Waals surface area contributed by atoms with E-state index in [2.05, 4.69) is 65.3 Å². The van der Waals surface area contributed by atoms with Crippen molar-refractivity contribution in [1.82, 2.24) is 9.88 Å². The molecule has 0 unspecified atom stereocenters. The predicted octanol–water partition coefficient (Wildman–Crippen LogP) is 5.48. The quantitative estimate of drug-likeness (QED) is 0.592. The van der Waals surface area contributed by atoms with Crippen molar-refractivity contribution < 1.29 is 9.53 Å². The lowest BCUT2D eigenvalue weighted by Gasteiger charge is -2.45. The molecule has 1 N–H and O–H groups in total. The summed E-state index contributed by atoms with van der Waals surface area (Å²) in [6, 6.07) is 19.2. The van der Waals surface area contributed by atoms with Crippen LogP contribution in [-0.2, 0) is 16.0 Å². The summed E-state index contributed by atoms with van der Waals surface area (Å²) in [5, 5.41) is 1.33. The normalized spacial score (nSPS) is 21.0. The van der Waals surface area contributed by atoms with Crippen molar-refractivity contribution in [2.45, 2.75) is 51.7 Å². The number of rotatable bonds is 3. The van der Waals surface area contributed by atoms with Gasteiger partial charge in [0, 0.05) is 34.8 Å². The van der Waals surface area contributed by atoms with Crippen molar-refractivity contribution in [2.24, 2.45) is 0 Å². The van der Waals surface area contributed by atoms with Crippen molar-refractivity contribution in [3.63, 3.8) is 0 Å². The average molecular weight is 401 g/mol. The number of hydrogen-bond donors (Lipinski definition) is 1. The second kappa shape index (κ2) is 7.35. The second-order valence-corrected chi connectivity index (χ2v) is 8.67. The number of carbonyl (C=O) groups excluding carboxylic acids is 1. The largest absolute Gasteiger partial charge is 0.460 e. The van der Waals surface area contributed by atoms with Crippen LogP contribution in [0.4, 0.5) is 0 Å². The zero-order chi connectivity index (χ0) is 20.8. The van der Waals surface area contributed by atoms with Gasteiger partial charge in [-0.2, -0.15) is 0 Å². The molecule has 154 valence electrons. The molecule has 4 heteroatoms. The van der Waals surface area contributed by atoms with Crippen LogP contribution in [-0.4, -0.2) is 28.5 Å². The highest BCUT2D eigenvalue weighted by Gasteiger charge is 2.41. The standard InChI is InChI=1S/C26H28N2O2/c1-16(2)30-26(29)24-17(3)28-14-13-20-19-11-7-8-12-22(19)27-25(20)23(28)15-21(24)18-9-5-4-6-10-18/h4-12,16,21,23,27H,13-15H2,1-3H3/t21-,23-/m0/s1. The van der Waals surface area contributed by atoms with E-state index in [0.717, 1.165) is 30.7 Å². The fourth-order valence-electron chi connectivity index (χ4n) is 5.27. The van der Waals surface area contributed by atoms with Crippen molar-refractivity contribution in [3.8, 4) is 0 Å². The fraction of sp³-hybridized carbons (Fsp3) is 0.346. The maximum atomic E-state index is 13.1. The van der Waals surface area contributed by atoms with Gasteiger partial charge >= 0.3 is 5.97 Å². The summed E-state index contributed by atoms with van der Waals surface area (Å²) in [5.74, 6) is -0.159. The van der Waals surface area contributed by atoms with Gasteiger partial charge in [-0.25, -0.2) is 4.79 Å². The number of benzene rings is 2. The Morgan fingerprint density at radius 1 is 1.10 bits per heavy atom. The Morgan fingerprint density at radius 2 is 1.83 bits per heavy atom. The highest BCUT2D eigenvalue weighted by atomic mass is 16.5. The molecular formula is C26H28N2O2. The third-order valence-electron chi connectivity index (χ3n) is 6.55. The van der Waals surface area contributed by atoms with Gasteiger partial charge in [0.15, 0.2) is 0 Å². The number of fused-ring (bicyclic) bond motifs is 5. The minimum absolute atomic E-state index is 0.0241. The van der Waals surface area contributed by atoms with E-state index in [1.54, 1.807) is 0 Å². The van der Waals surface area contributed by atoms with E-state index in [9.17, 15) is 4.79 Å². The summed E-state index contributed by atoms with van der Waals surface area (Å²) >= 11 is 0. The maximum absolute atomic E-state index is 13.1. The molecule has 2 aliphatic rings. The van der Waals surface area contributed by atoms with Crippen molar-refractivity contribution in [3.05, 3.63) is 82.7 Å². The lowest BCUT2D eigenvalue weighted by atomic mass is 9.78. The maximum Gasteiger partial charge on any atom is 0.336 e. The van der Waals surface area contributed by atoms with Gasteiger partial charge in [0.2, 0.25) is 0 Å². The number of nitrogens with zero attached hydrogens (tertiary/aromatic N) is 1. The number of aromatic amines is 1. The van der Waals surface area contributed by atoms with Crippen LogP contribution < -0.4 is 0 Å². The smallest absolute Gasteiger partial charge is 0.336 e. The number of nitrogens with one attached hydrogen (secondary N) is 1. The first-order valence-electron chi connectivity index (χ1n) is 10.9. The number of para-hydroxylation sites is 1. The van der Waals surface area contributed by atoms with E-state index in [4.69, 9.17) is 4.74 Å². The summed E-state index contributed by atoms with van der Waals surface area (Å²) in [6.07, 6.45) is 1.72. The molecule has 0 saturated carbocycles. The summed E-state index contributed by atoms with van der Waals surface area (Å²) in [7, 11) is 0. The number of esters is 1. The number of allylic oxidation sites excluding steroid dienone is 1. The van der Waals surface area contributed by atoms with Crippen LogP contribution in [0.5, 0.6) is 0 Å². The first kappa shape index (κ1) is 19.0. The van der Waals surface area contributed by atoms with E-state index < -0.39 is 0 Å². The molecule has 0 spiro atoms. The SMILES string of the molecule is CC1=C(C(=O)OC(C)C)[C@H](c2ccccc2)C[C@H]2c3[nH]c4ccccc4c3CCN12. The van der Waals surface area contributed by atoms with Gasteiger partial charge < -0.3 is 14.6 Å². The van der Waals surface area contributed by atoms with Crippen LogP contribution in [0.2, 0.25) is 0 Å². The van der Waals surface area contributed by atoms with Crippen molar-refractivity contribution in [1.29, 1.82) is 0 Å². The number of H-pyrrole nitrogens is 1. The topological polar surface area (TPSA) is 45.3 Å². The zero-order valence-electron chi connectivity index (χ0n) is 17.8. The molecule has 30 heavy (non-hydrogen) atoms. The minimum atomic E-state index is -0.183. The summed E-state index contributed by atoms with van der Waals surface area (Å²) in [6.45, 7) is 6.83. The molecule has 1 aromatic heterocycles. The van der Waals surface area contributed by atoms with Crippen LogP contribution in [0.15, 0.2) is 65.9 Å². The van der Waals surface area contributed by atoms with Gasteiger partial charge in [-0.3, -0.25) is 0 Å². The molecule has 3 aromatic rings. The molecule has 0 amide bonds. The molecule has 0 saturated heterocycles. The zero-order valence-corrected chi connectivity index (χ0v) is 17.8. The Kier molecular flexibility index (Phi) is 4.65. The molecule has 4 nitrogen and oxygen atoms in total. The highest BCUT2D eigenvalue weighted by Crippen LogP contribution is 2.48. The Morgan fingerprint density at radius 3 is 2.60 bits per heavy atom. The summed E-state index contributed by atoms with van der Waals surface area (Å²) < 4.78 is 5.68.